The van der Waals surface area contributed by atoms with Crippen LogP contribution in [0.1, 0.15) is 31.9 Å². The van der Waals surface area contributed by atoms with Gasteiger partial charge in [0.1, 0.15) is 0 Å². The second-order valence-electron chi connectivity index (χ2n) is 4.93. The van der Waals surface area contributed by atoms with Crippen molar-refractivity contribution in [2.75, 3.05) is 0 Å². The third-order valence-corrected chi connectivity index (χ3v) is 3.51. The quantitative estimate of drug-likeness (QED) is 0.682. The summed E-state index contributed by atoms with van der Waals surface area (Å²) in [5.41, 5.74) is 5.07. The van der Waals surface area contributed by atoms with Crippen molar-refractivity contribution in [1.29, 1.82) is 0 Å². The van der Waals surface area contributed by atoms with E-state index in [0.29, 0.717) is 0 Å². The van der Waals surface area contributed by atoms with Crippen LogP contribution in [0.4, 0.5) is 0 Å². The number of allylic oxidation sites excluding steroid dienone is 5. The van der Waals surface area contributed by atoms with E-state index in [1.54, 1.807) is 0 Å². The molecule has 0 amide bonds. The number of fused-ring (bicyclic) bond motifs is 1. The molecule has 0 saturated carbocycles. The second-order valence-corrected chi connectivity index (χ2v) is 5.53. The fourth-order valence-electron chi connectivity index (χ4n) is 2.57. The first kappa shape index (κ1) is 12.2. The molecule has 1 heteroatoms. The SMILES string of the molecule is C=CC1=C(/C=C(\C)Cl)C(C)(C)c2ccccc21. The standard InChI is InChI=1S/C16H17Cl/c1-5-12-13-8-6-7-9-14(13)16(3,4)15(12)10-11(2)17/h5-10H,1H2,2-4H3/b11-10+. The zero-order valence-electron chi connectivity index (χ0n) is 10.5. The summed E-state index contributed by atoms with van der Waals surface area (Å²) in [6, 6.07) is 8.49. The van der Waals surface area contributed by atoms with Gasteiger partial charge in [-0.05, 0) is 35.3 Å². The summed E-state index contributed by atoms with van der Waals surface area (Å²) >= 11 is 6.04. The van der Waals surface area contributed by atoms with Crippen molar-refractivity contribution in [3.05, 3.63) is 64.7 Å². The number of hydrogen-bond acceptors (Lipinski definition) is 0. The molecule has 0 saturated heterocycles. The molecule has 0 aromatic heterocycles. The highest BCUT2D eigenvalue weighted by atomic mass is 35.5. The Labute approximate surface area is 108 Å². The fraction of sp³-hybridized carbons (Fsp3) is 0.250. The van der Waals surface area contributed by atoms with Gasteiger partial charge in [0.05, 0.1) is 0 Å². The van der Waals surface area contributed by atoms with Gasteiger partial charge in [-0.1, -0.05) is 62.4 Å². The predicted molar refractivity (Wildman–Crippen MR) is 76.2 cm³/mol. The fourth-order valence-corrected chi connectivity index (χ4v) is 2.68. The van der Waals surface area contributed by atoms with Crippen molar-refractivity contribution in [3.8, 4) is 0 Å². The molecule has 1 aliphatic carbocycles. The average Bonchev–Trinajstić information content (AvgIpc) is 2.48. The number of halogens is 1. The molecule has 17 heavy (non-hydrogen) atoms. The molecule has 0 unspecified atom stereocenters. The van der Waals surface area contributed by atoms with Gasteiger partial charge in [0, 0.05) is 10.4 Å². The van der Waals surface area contributed by atoms with E-state index in [0.717, 1.165) is 5.03 Å². The second kappa shape index (κ2) is 4.19. The first-order valence-electron chi connectivity index (χ1n) is 5.79. The van der Waals surface area contributed by atoms with Crippen molar-refractivity contribution < 1.29 is 0 Å². The molecule has 0 heterocycles. The van der Waals surface area contributed by atoms with Gasteiger partial charge < -0.3 is 0 Å². The maximum Gasteiger partial charge on any atom is 0.0159 e. The van der Waals surface area contributed by atoms with Gasteiger partial charge in [0.25, 0.3) is 0 Å². The Morgan fingerprint density at radius 2 is 1.94 bits per heavy atom. The summed E-state index contributed by atoms with van der Waals surface area (Å²) in [5, 5.41) is 0.806. The van der Waals surface area contributed by atoms with Crippen LogP contribution < -0.4 is 0 Å². The van der Waals surface area contributed by atoms with E-state index in [9.17, 15) is 0 Å². The third-order valence-electron chi connectivity index (χ3n) is 3.40. The summed E-state index contributed by atoms with van der Waals surface area (Å²) < 4.78 is 0. The Morgan fingerprint density at radius 3 is 2.53 bits per heavy atom. The lowest BCUT2D eigenvalue weighted by atomic mass is 9.81. The summed E-state index contributed by atoms with van der Waals surface area (Å²) in [6.45, 7) is 10.3. The Kier molecular flexibility index (Phi) is 3.01. The molecule has 0 fully saturated rings. The zero-order valence-corrected chi connectivity index (χ0v) is 11.3. The third kappa shape index (κ3) is 1.87. The van der Waals surface area contributed by atoms with Crippen molar-refractivity contribution in [1.82, 2.24) is 0 Å². The van der Waals surface area contributed by atoms with Crippen LogP contribution in [0.3, 0.4) is 0 Å². The minimum Gasteiger partial charge on any atom is -0.0984 e. The molecule has 0 nitrogen and oxygen atoms in total. The van der Waals surface area contributed by atoms with E-state index in [1.165, 1.54) is 22.3 Å². The highest BCUT2D eigenvalue weighted by Gasteiger charge is 2.35. The Bertz CT molecular complexity index is 526. The predicted octanol–water partition coefficient (Wildman–Crippen LogP) is 5.06. The Morgan fingerprint density at radius 1 is 1.29 bits per heavy atom. The molecule has 0 radical (unpaired) electrons. The minimum atomic E-state index is -0.00370. The lowest BCUT2D eigenvalue weighted by Crippen LogP contribution is -2.16. The van der Waals surface area contributed by atoms with Crippen molar-refractivity contribution in [3.63, 3.8) is 0 Å². The molecule has 1 aromatic rings. The molecule has 2 rings (SSSR count). The van der Waals surface area contributed by atoms with Crippen LogP contribution in [0, 0.1) is 0 Å². The van der Waals surface area contributed by atoms with Gasteiger partial charge in [-0.15, -0.1) is 0 Å². The molecule has 0 spiro atoms. The van der Waals surface area contributed by atoms with Crippen LogP contribution >= 0.6 is 11.6 Å². The highest BCUT2D eigenvalue weighted by Crippen LogP contribution is 2.47. The van der Waals surface area contributed by atoms with Crippen LogP contribution in [-0.2, 0) is 5.41 Å². The molecule has 88 valence electrons. The van der Waals surface area contributed by atoms with Crippen molar-refractivity contribution in [2.45, 2.75) is 26.2 Å². The topological polar surface area (TPSA) is 0 Å². The molecular formula is C16H17Cl. The largest absolute Gasteiger partial charge is 0.0984 e. The Hall–Kier alpha value is -1.27. The molecule has 1 aromatic carbocycles. The molecule has 0 bridgehead atoms. The first-order valence-corrected chi connectivity index (χ1v) is 6.17. The maximum atomic E-state index is 6.04. The highest BCUT2D eigenvalue weighted by molar-refractivity contribution is 6.29. The van der Waals surface area contributed by atoms with Gasteiger partial charge in [-0.25, -0.2) is 0 Å². The molecule has 1 aliphatic rings. The maximum absolute atomic E-state index is 6.04. The summed E-state index contributed by atoms with van der Waals surface area (Å²) in [6.07, 6.45) is 3.98. The lowest BCUT2D eigenvalue weighted by Gasteiger charge is -2.22. The van der Waals surface area contributed by atoms with Crippen molar-refractivity contribution in [2.24, 2.45) is 0 Å². The van der Waals surface area contributed by atoms with E-state index in [1.807, 2.05) is 13.0 Å². The van der Waals surface area contributed by atoms with Gasteiger partial charge in [-0.2, -0.15) is 0 Å². The van der Waals surface area contributed by atoms with Crippen LogP contribution in [0.15, 0.2) is 53.6 Å². The zero-order chi connectivity index (χ0) is 12.6. The lowest BCUT2D eigenvalue weighted by molar-refractivity contribution is 0.654. The average molecular weight is 245 g/mol. The van der Waals surface area contributed by atoms with Gasteiger partial charge in [-0.3, -0.25) is 0 Å². The van der Waals surface area contributed by atoms with Crippen LogP contribution in [-0.4, -0.2) is 0 Å². The molecule has 0 aliphatic heterocycles. The van der Waals surface area contributed by atoms with Crippen LogP contribution in [0.25, 0.3) is 5.57 Å². The Balaban J connectivity index is 2.74. The van der Waals surface area contributed by atoms with E-state index in [-0.39, 0.29) is 5.41 Å². The molecule has 0 atom stereocenters. The van der Waals surface area contributed by atoms with E-state index in [4.69, 9.17) is 11.6 Å². The number of rotatable bonds is 2. The normalized spacial score (nSPS) is 18.2. The van der Waals surface area contributed by atoms with Gasteiger partial charge >= 0.3 is 0 Å². The van der Waals surface area contributed by atoms with Crippen molar-refractivity contribution >= 4 is 17.2 Å². The number of hydrogen-bond donors (Lipinski definition) is 0. The van der Waals surface area contributed by atoms with Crippen LogP contribution in [0.2, 0.25) is 0 Å². The van der Waals surface area contributed by atoms with E-state index >= 15 is 0 Å². The number of benzene rings is 1. The van der Waals surface area contributed by atoms with E-state index < -0.39 is 0 Å². The van der Waals surface area contributed by atoms with E-state index in [2.05, 4.69) is 50.8 Å². The van der Waals surface area contributed by atoms with Gasteiger partial charge in [0.2, 0.25) is 0 Å². The summed E-state index contributed by atoms with van der Waals surface area (Å²) in [7, 11) is 0. The van der Waals surface area contributed by atoms with Crippen LogP contribution in [0.5, 0.6) is 0 Å². The minimum absolute atomic E-state index is 0.00370. The van der Waals surface area contributed by atoms with Gasteiger partial charge in [0.15, 0.2) is 0 Å². The molecular weight excluding hydrogens is 228 g/mol. The summed E-state index contributed by atoms with van der Waals surface area (Å²) in [5.74, 6) is 0. The smallest absolute Gasteiger partial charge is 0.0159 e. The molecule has 0 N–H and O–H groups in total. The first-order chi connectivity index (χ1) is 7.98. The summed E-state index contributed by atoms with van der Waals surface area (Å²) in [4.78, 5) is 0. The monoisotopic (exact) mass is 244 g/mol.